The first kappa shape index (κ1) is 15.6. The monoisotopic (exact) mass is 202 g/mol. The summed E-state index contributed by atoms with van der Waals surface area (Å²) in [4.78, 5) is 19.5. The number of rotatable bonds is 6. The van der Waals surface area contributed by atoms with Crippen molar-refractivity contribution in [3.63, 3.8) is 0 Å². The molecule has 0 aromatic carbocycles. The van der Waals surface area contributed by atoms with Gasteiger partial charge in [-0.1, -0.05) is 32.6 Å². The molecule has 0 bridgehead atoms. The maximum Gasteiger partial charge on any atom is 0.300 e. The predicted molar refractivity (Wildman–Crippen MR) is 57.4 cm³/mol. The number of ketones is 1. The Labute approximate surface area is 86.5 Å². The molecule has 14 heavy (non-hydrogen) atoms. The van der Waals surface area contributed by atoms with Gasteiger partial charge in [-0.05, 0) is 13.3 Å². The minimum absolute atomic E-state index is 0.330. The largest absolute Gasteiger partial charge is 0.481 e. The van der Waals surface area contributed by atoms with Crippen LogP contribution >= 0.6 is 0 Å². The van der Waals surface area contributed by atoms with Gasteiger partial charge in [-0.3, -0.25) is 4.79 Å². The smallest absolute Gasteiger partial charge is 0.300 e. The Hall–Kier alpha value is -0.860. The fourth-order valence-electron chi connectivity index (χ4n) is 0.977. The van der Waals surface area contributed by atoms with Gasteiger partial charge in [0.15, 0.2) is 0 Å². The summed E-state index contributed by atoms with van der Waals surface area (Å²) in [6.07, 6.45) is 6.99. The fourth-order valence-corrected chi connectivity index (χ4v) is 0.977. The molecule has 84 valence electrons. The highest BCUT2D eigenvalue weighted by Crippen LogP contribution is 2.04. The van der Waals surface area contributed by atoms with Gasteiger partial charge < -0.3 is 9.90 Å². The highest BCUT2D eigenvalue weighted by Gasteiger charge is 1.92. The Morgan fingerprint density at radius 1 is 1.00 bits per heavy atom. The molecule has 0 fully saturated rings. The van der Waals surface area contributed by atoms with E-state index in [4.69, 9.17) is 9.90 Å². The van der Waals surface area contributed by atoms with Gasteiger partial charge in [0, 0.05) is 13.3 Å². The zero-order valence-corrected chi connectivity index (χ0v) is 9.51. The number of carbonyl (C=O) groups excluding carboxylic acids is 1. The van der Waals surface area contributed by atoms with Crippen molar-refractivity contribution in [3.05, 3.63) is 0 Å². The third-order valence-corrected chi connectivity index (χ3v) is 1.63. The van der Waals surface area contributed by atoms with Crippen LogP contribution in [-0.2, 0) is 9.59 Å². The normalized spacial score (nSPS) is 8.79. The van der Waals surface area contributed by atoms with Crippen LogP contribution in [0.2, 0.25) is 0 Å². The Kier molecular flexibility index (Phi) is 13.5. The summed E-state index contributed by atoms with van der Waals surface area (Å²) in [5.74, 6) is -0.503. The van der Waals surface area contributed by atoms with E-state index in [1.807, 2.05) is 0 Å². The van der Waals surface area contributed by atoms with Crippen molar-refractivity contribution in [2.24, 2.45) is 0 Å². The van der Waals surface area contributed by atoms with Crippen LogP contribution in [0, 0.1) is 0 Å². The van der Waals surface area contributed by atoms with Crippen molar-refractivity contribution in [1.82, 2.24) is 0 Å². The lowest BCUT2D eigenvalue weighted by Gasteiger charge is -1.95. The molecule has 0 aliphatic rings. The number of Topliss-reactive ketones (excluding diaryl/α,β-unsaturated/α-hetero) is 1. The van der Waals surface area contributed by atoms with Gasteiger partial charge in [-0.25, -0.2) is 0 Å². The highest BCUT2D eigenvalue weighted by atomic mass is 16.4. The maximum absolute atomic E-state index is 10.5. The van der Waals surface area contributed by atoms with E-state index in [9.17, 15) is 4.79 Å². The van der Waals surface area contributed by atoms with Gasteiger partial charge in [0.2, 0.25) is 0 Å². The predicted octanol–water partition coefficient (Wildman–Crippen LogP) is 3.03. The molecule has 3 heteroatoms. The van der Waals surface area contributed by atoms with Crippen LogP contribution in [0.1, 0.15) is 59.3 Å². The van der Waals surface area contributed by atoms with Gasteiger partial charge in [0.1, 0.15) is 5.78 Å². The molecular formula is C11H22O3. The van der Waals surface area contributed by atoms with Crippen LogP contribution in [0.25, 0.3) is 0 Å². The third kappa shape index (κ3) is 30.4. The molecule has 0 saturated carbocycles. The molecule has 0 aliphatic heterocycles. The molecule has 0 aliphatic carbocycles. The summed E-state index contributed by atoms with van der Waals surface area (Å²) in [5, 5.41) is 7.42. The lowest BCUT2D eigenvalue weighted by atomic mass is 10.1. The van der Waals surface area contributed by atoms with Crippen molar-refractivity contribution in [2.45, 2.75) is 59.3 Å². The Bertz CT molecular complexity index is 149. The Balaban J connectivity index is 0. The van der Waals surface area contributed by atoms with Crippen molar-refractivity contribution in [2.75, 3.05) is 0 Å². The minimum atomic E-state index is -0.833. The molecule has 0 amide bonds. The van der Waals surface area contributed by atoms with Crippen LogP contribution in [0.5, 0.6) is 0 Å². The van der Waals surface area contributed by atoms with Crippen LogP contribution in [0.15, 0.2) is 0 Å². The van der Waals surface area contributed by atoms with Gasteiger partial charge in [-0.2, -0.15) is 0 Å². The molecular weight excluding hydrogens is 180 g/mol. The zero-order valence-electron chi connectivity index (χ0n) is 9.51. The lowest BCUT2D eigenvalue weighted by molar-refractivity contribution is -0.134. The second kappa shape index (κ2) is 12.1. The van der Waals surface area contributed by atoms with E-state index < -0.39 is 5.97 Å². The fraction of sp³-hybridized carbons (Fsp3) is 0.818. The molecule has 0 aromatic heterocycles. The van der Waals surface area contributed by atoms with E-state index in [1.165, 1.54) is 25.7 Å². The van der Waals surface area contributed by atoms with Crippen LogP contribution in [0.3, 0.4) is 0 Å². The molecule has 0 saturated heterocycles. The number of aliphatic carboxylic acids is 1. The van der Waals surface area contributed by atoms with E-state index >= 15 is 0 Å². The minimum Gasteiger partial charge on any atom is -0.481 e. The summed E-state index contributed by atoms with van der Waals surface area (Å²) in [5.41, 5.74) is 0. The number of carboxylic acids is 1. The molecule has 0 rings (SSSR count). The number of carbonyl (C=O) groups is 2. The quantitative estimate of drug-likeness (QED) is 0.673. The summed E-state index contributed by atoms with van der Waals surface area (Å²) in [7, 11) is 0. The summed E-state index contributed by atoms with van der Waals surface area (Å²) < 4.78 is 0. The van der Waals surface area contributed by atoms with E-state index in [-0.39, 0.29) is 0 Å². The molecule has 0 heterocycles. The third-order valence-electron chi connectivity index (χ3n) is 1.63. The van der Waals surface area contributed by atoms with Crippen molar-refractivity contribution < 1.29 is 14.7 Å². The number of carboxylic acid groups (broad SMARTS) is 1. The average Bonchev–Trinajstić information content (AvgIpc) is 2.02. The SMILES string of the molecule is CC(=O)O.CCCCCCCC(C)=O. The van der Waals surface area contributed by atoms with Crippen LogP contribution in [-0.4, -0.2) is 16.9 Å². The summed E-state index contributed by atoms with van der Waals surface area (Å²) in [6.45, 7) is 4.95. The van der Waals surface area contributed by atoms with E-state index in [0.29, 0.717) is 5.78 Å². The number of hydrogen-bond donors (Lipinski definition) is 1. The first-order chi connectivity index (χ1) is 6.50. The summed E-state index contributed by atoms with van der Waals surface area (Å²) >= 11 is 0. The maximum atomic E-state index is 10.5. The van der Waals surface area contributed by atoms with E-state index in [1.54, 1.807) is 6.92 Å². The van der Waals surface area contributed by atoms with E-state index in [2.05, 4.69) is 6.92 Å². The molecule has 0 radical (unpaired) electrons. The molecule has 1 N–H and O–H groups in total. The molecule has 0 spiro atoms. The standard InChI is InChI=1S/C9H18O.C2H4O2/c1-3-4-5-6-7-8-9(2)10;1-2(3)4/h3-8H2,1-2H3;1H3,(H,3,4). The second-order valence-electron chi connectivity index (χ2n) is 3.39. The molecule has 0 unspecified atom stereocenters. The average molecular weight is 202 g/mol. The van der Waals surface area contributed by atoms with Crippen LogP contribution < -0.4 is 0 Å². The zero-order chi connectivity index (χ0) is 11.4. The molecule has 0 aromatic rings. The number of unbranched alkanes of at least 4 members (excludes halogenated alkanes) is 4. The molecule has 0 atom stereocenters. The first-order valence-electron chi connectivity index (χ1n) is 5.19. The number of hydrogen-bond acceptors (Lipinski definition) is 2. The Morgan fingerprint density at radius 3 is 1.79 bits per heavy atom. The van der Waals surface area contributed by atoms with Crippen molar-refractivity contribution in [1.29, 1.82) is 0 Å². The van der Waals surface area contributed by atoms with Crippen molar-refractivity contribution >= 4 is 11.8 Å². The van der Waals surface area contributed by atoms with Crippen LogP contribution in [0.4, 0.5) is 0 Å². The van der Waals surface area contributed by atoms with Gasteiger partial charge in [0.25, 0.3) is 5.97 Å². The molecule has 3 nitrogen and oxygen atoms in total. The summed E-state index contributed by atoms with van der Waals surface area (Å²) in [6, 6.07) is 0. The van der Waals surface area contributed by atoms with Crippen molar-refractivity contribution in [3.8, 4) is 0 Å². The first-order valence-corrected chi connectivity index (χ1v) is 5.19. The van der Waals surface area contributed by atoms with Gasteiger partial charge in [-0.15, -0.1) is 0 Å². The second-order valence-corrected chi connectivity index (χ2v) is 3.39. The highest BCUT2D eigenvalue weighted by molar-refractivity contribution is 5.75. The van der Waals surface area contributed by atoms with E-state index in [0.717, 1.165) is 19.8 Å². The topological polar surface area (TPSA) is 54.4 Å². The van der Waals surface area contributed by atoms with Gasteiger partial charge in [0.05, 0.1) is 0 Å². The Morgan fingerprint density at radius 2 is 1.43 bits per heavy atom. The van der Waals surface area contributed by atoms with Gasteiger partial charge >= 0.3 is 0 Å². The lowest BCUT2D eigenvalue weighted by Crippen LogP contribution is -1.88.